The summed E-state index contributed by atoms with van der Waals surface area (Å²) in [6, 6.07) is 37.5. The molecule has 392 valence electrons. The van der Waals surface area contributed by atoms with Crippen LogP contribution in [-0.2, 0) is 78.1 Å². The molecule has 0 saturated heterocycles. The number of rotatable bonds is 23. The van der Waals surface area contributed by atoms with E-state index in [2.05, 4.69) is 20.8 Å². The summed E-state index contributed by atoms with van der Waals surface area (Å²) in [6.45, 7) is 7.02. The molecule has 4 aliphatic rings. The Morgan fingerprint density at radius 1 is 0.575 bits per heavy atom. The normalized spacial score (nSPS) is 26.2. The molecule has 0 aliphatic heterocycles. The molecule has 4 aromatic carbocycles. The molecule has 0 aromatic heterocycles. The van der Waals surface area contributed by atoms with Crippen molar-refractivity contribution in [3.05, 3.63) is 144 Å². The van der Waals surface area contributed by atoms with E-state index >= 15 is 0 Å². The quantitative estimate of drug-likeness (QED) is 0.0301. The lowest BCUT2D eigenvalue weighted by Gasteiger charge is -2.61. The van der Waals surface area contributed by atoms with Crippen LogP contribution >= 0.6 is 7.60 Å². The zero-order valence-corrected chi connectivity index (χ0v) is 43.8. The van der Waals surface area contributed by atoms with Crippen LogP contribution in [0, 0.1) is 52.3 Å². The van der Waals surface area contributed by atoms with E-state index in [1.54, 1.807) is 0 Å². The molecule has 4 aromatic rings. The van der Waals surface area contributed by atoms with Gasteiger partial charge in [0.15, 0.2) is 0 Å². The topological polar surface area (TPSA) is 150 Å². The van der Waals surface area contributed by atoms with Crippen molar-refractivity contribution in [2.45, 2.75) is 137 Å². The third-order valence-corrected chi connectivity index (χ3v) is 19.3. The number of fused-ring (bicyclic) bond motifs is 5. The van der Waals surface area contributed by atoms with Crippen LogP contribution in [0.2, 0.25) is 0 Å². The van der Waals surface area contributed by atoms with Gasteiger partial charge in [0.05, 0.1) is 25.3 Å². The van der Waals surface area contributed by atoms with Crippen molar-refractivity contribution in [2.75, 3.05) is 13.0 Å². The van der Waals surface area contributed by atoms with Gasteiger partial charge in [-0.05, 0) is 139 Å². The lowest BCUT2D eigenvalue weighted by Crippen LogP contribution is -2.54. The predicted octanol–water partition coefficient (Wildman–Crippen LogP) is 13.6. The van der Waals surface area contributed by atoms with Gasteiger partial charge < -0.3 is 32.7 Å². The summed E-state index contributed by atoms with van der Waals surface area (Å²) in [5, 5.41) is 0. The average molecular weight is 1020 g/mol. The number of benzene rings is 4. The highest BCUT2D eigenvalue weighted by atomic mass is 31.2. The second-order valence-corrected chi connectivity index (χ2v) is 23.8. The molecule has 0 heterocycles. The van der Waals surface area contributed by atoms with E-state index in [4.69, 9.17) is 32.7 Å². The molecule has 73 heavy (non-hydrogen) atoms. The molecule has 8 rings (SSSR count). The molecular formula is C60H75O12P. The molecule has 12 nitrogen and oxygen atoms in total. The van der Waals surface area contributed by atoms with Gasteiger partial charge in [-0.1, -0.05) is 142 Å². The molecule has 0 radical (unpaired) electrons. The highest BCUT2D eigenvalue weighted by molar-refractivity contribution is 7.53. The number of hydrogen-bond donors (Lipinski definition) is 0. The maximum Gasteiger partial charge on any atom is 0.511 e. The molecule has 0 bridgehead atoms. The molecule has 10 atom stereocenters. The van der Waals surface area contributed by atoms with Crippen LogP contribution in [0.5, 0.6) is 0 Å². The summed E-state index contributed by atoms with van der Waals surface area (Å²) in [6.07, 6.45) is 9.21. The van der Waals surface area contributed by atoms with E-state index < -0.39 is 38.4 Å². The Morgan fingerprint density at radius 3 is 1.70 bits per heavy atom. The minimum Gasteiger partial charge on any atom is -0.461 e. The smallest absolute Gasteiger partial charge is 0.461 e. The Labute approximate surface area is 432 Å². The van der Waals surface area contributed by atoms with Crippen LogP contribution < -0.4 is 0 Å². The largest absolute Gasteiger partial charge is 0.511 e. The summed E-state index contributed by atoms with van der Waals surface area (Å²) in [4.78, 5) is 52.6. The van der Waals surface area contributed by atoms with Crippen molar-refractivity contribution in [1.29, 1.82) is 0 Å². The van der Waals surface area contributed by atoms with Gasteiger partial charge in [0, 0.05) is 12.8 Å². The lowest BCUT2D eigenvalue weighted by molar-refractivity contribution is -0.156. The van der Waals surface area contributed by atoms with Gasteiger partial charge in [-0.15, -0.1) is 0 Å². The average Bonchev–Trinajstić information content (AvgIpc) is 3.77. The van der Waals surface area contributed by atoms with Crippen molar-refractivity contribution in [2.24, 2.45) is 52.3 Å². The van der Waals surface area contributed by atoms with Crippen LogP contribution in [0.4, 0.5) is 4.79 Å². The van der Waals surface area contributed by atoms with Crippen LogP contribution in [-0.4, -0.2) is 43.1 Å². The van der Waals surface area contributed by atoms with E-state index in [9.17, 15) is 23.7 Å². The highest BCUT2D eigenvalue weighted by Gasteiger charge is 2.61. The van der Waals surface area contributed by atoms with Crippen molar-refractivity contribution >= 4 is 31.7 Å². The zero-order valence-electron chi connectivity index (χ0n) is 42.9. The minimum atomic E-state index is -3.97. The van der Waals surface area contributed by atoms with Crippen molar-refractivity contribution < 1.29 is 56.5 Å². The summed E-state index contributed by atoms with van der Waals surface area (Å²) in [5.41, 5.74) is 3.78. The molecule has 0 amide bonds. The molecular weight excluding hydrogens is 944 g/mol. The first-order valence-corrected chi connectivity index (χ1v) is 28.4. The molecule has 0 spiro atoms. The number of carbonyl (C=O) groups is 4. The number of hydrogen-bond acceptors (Lipinski definition) is 12. The molecule has 13 heteroatoms. The van der Waals surface area contributed by atoms with Crippen LogP contribution in [0.25, 0.3) is 0 Å². The molecule has 4 aliphatic carbocycles. The third-order valence-electron chi connectivity index (χ3n) is 17.3. The summed E-state index contributed by atoms with van der Waals surface area (Å²) in [5.74, 6) is 0.976. The van der Waals surface area contributed by atoms with Crippen molar-refractivity contribution in [3.8, 4) is 0 Å². The molecule has 5 unspecified atom stereocenters. The lowest BCUT2D eigenvalue weighted by atomic mass is 9.44. The van der Waals surface area contributed by atoms with E-state index in [1.807, 2.05) is 121 Å². The Bertz CT molecular complexity index is 2410. The molecule has 4 fully saturated rings. The molecule has 0 N–H and O–H groups in total. The fourth-order valence-corrected chi connectivity index (χ4v) is 15.2. The highest BCUT2D eigenvalue weighted by Crippen LogP contribution is 2.68. The second kappa shape index (κ2) is 25.3. The van der Waals surface area contributed by atoms with Gasteiger partial charge in [0.25, 0.3) is 0 Å². The van der Waals surface area contributed by atoms with Crippen LogP contribution in [0.1, 0.15) is 126 Å². The Hall–Kier alpha value is -5.29. The van der Waals surface area contributed by atoms with Gasteiger partial charge in [-0.25, -0.2) is 4.79 Å². The second-order valence-electron chi connectivity index (χ2n) is 21.7. The van der Waals surface area contributed by atoms with Gasteiger partial charge in [-0.2, -0.15) is 0 Å². The number of esters is 3. The first kappa shape index (κ1) is 54.0. The van der Waals surface area contributed by atoms with Gasteiger partial charge in [0.2, 0.25) is 6.79 Å². The van der Waals surface area contributed by atoms with Gasteiger partial charge in [-0.3, -0.25) is 18.9 Å². The van der Waals surface area contributed by atoms with E-state index in [0.717, 1.165) is 54.4 Å². The Kier molecular flexibility index (Phi) is 18.7. The zero-order chi connectivity index (χ0) is 51.3. The third kappa shape index (κ3) is 14.3. The molecule has 4 saturated carbocycles. The number of carbonyl (C=O) groups excluding carboxylic acids is 4. The monoisotopic (exact) mass is 1020 g/mol. The number of ether oxygens (including phenoxy) is 5. The van der Waals surface area contributed by atoms with Gasteiger partial charge in [0.1, 0.15) is 19.3 Å². The first-order chi connectivity index (χ1) is 35.3. The van der Waals surface area contributed by atoms with Gasteiger partial charge >= 0.3 is 31.7 Å². The minimum absolute atomic E-state index is 0.0160. The maximum atomic E-state index is 14.5. The summed E-state index contributed by atoms with van der Waals surface area (Å²) >= 11 is 0. The van der Waals surface area contributed by atoms with E-state index in [0.29, 0.717) is 48.5 Å². The Morgan fingerprint density at radius 2 is 1.10 bits per heavy atom. The van der Waals surface area contributed by atoms with E-state index in [1.165, 1.54) is 32.1 Å². The SMILES string of the molecule is C[C@H](CCC(=O)OCc1ccccc1)C1CCC2C3CC[C@@H]4C[C@H](OC(=O)OCOC(=O)CCC(CP(=O)(OCc5ccccc5)OCc5ccccc5)C(=O)OCc5ccccc5)CC[C@]4(C)C3CC[C@@]21C. The van der Waals surface area contributed by atoms with Crippen LogP contribution in [0.3, 0.4) is 0 Å². The van der Waals surface area contributed by atoms with Crippen LogP contribution in [0.15, 0.2) is 121 Å². The fourth-order valence-electron chi connectivity index (χ4n) is 13.4. The Balaban J connectivity index is 0.791. The summed E-state index contributed by atoms with van der Waals surface area (Å²) < 4.78 is 54.2. The predicted molar refractivity (Wildman–Crippen MR) is 276 cm³/mol. The fraction of sp³-hybridized carbons (Fsp3) is 0.533. The maximum absolute atomic E-state index is 14.5. The van der Waals surface area contributed by atoms with Crippen molar-refractivity contribution in [3.63, 3.8) is 0 Å². The van der Waals surface area contributed by atoms with E-state index in [-0.39, 0.29) is 61.7 Å². The standard InChI is InChI=1S/C60H75O12P/c1-43(24-30-55(61)66-37-44-16-8-4-9-17-44)52-28-29-53-51-27-26-49-36-50(32-34-59(49,2)54(51)33-35-60(52,53)3)72-58(64)69-42-68-56(62)31-25-48(57(63)67-38-45-18-10-5-11-19-45)41-73(65,70-39-46-20-12-6-13-21-46)71-40-47-22-14-7-15-23-47/h4-23,43,48-54H,24-42H2,1-3H3/t43-,48?,49-,50-,51?,52?,53?,54?,59+,60-/m1/s1. The summed E-state index contributed by atoms with van der Waals surface area (Å²) in [7, 11) is -3.97. The van der Waals surface area contributed by atoms with Crippen molar-refractivity contribution in [1.82, 2.24) is 0 Å². The first-order valence-electron chi connectivity index (χ1n) is 26.7.